The Morgan fingerprint density at radius 1 is 1.57 bits per heavy atom. The van der Waals surface area contributed by atoms with Gasteiger partial charge < -0.3 is 10.3 Å². The zero-order valence-corrected chi connectivity index (χ0v) is 8.79. The van der Waals surface area contributed by atoms with Crippen molar-refractivity contribution in [3.8, 4) is 0 Å². The van der Waals surface area contributed by atoms with Crippen LogP contribution in [0.2, 0.25) is 0 Å². The average Bonchev–Trinajstić information content (AvgIpc) is 2.72. The van der Waals surface area contributed by atoms with E-state index in [1.54, 1.807) is 0 Å². The molecule has 1 aliphatic rings. The highest BCUT2D eigenvalue weighted by Gasteiger charge is 2.43. The Hall–Kier alpha value is -0.900. The Balaban J connectivity index is 2.09. The van der Waals surface area contributed by atoms with Crippen LogP contribution in [0.5, 0.6) is 0 Å². The average molecular weight is 195 g/mol. The van der Waals surface area contributed by atoms with Gasteiger partial charge in [0.15, 0.2) is 5.82 Å². The molecule has 14 heavy (non-hydrogen) atoms. The lowest BCUT2D eigenvalue weighted by atomic mass is 10.1. The predicted octanol–water partition coefficient (Wildman–Crippen LogP) is 1.92. The van der Waals surface area contributed by atoms with E-state index in [-0.39, 0.29) is 11.5 Å². The molecule has 0 spiro atoms. The normalized spacial score (nSPS) is 20.8. The van der Waals surface area contributed by atoms with E-state index < -0.39 is 0 Å². The van der Waals surface area contributed by atoms with Gasteiger partial charge in [-0.25, -0.2) is 0 Å². The quantitative estimate of drug-likeness (QED) is 0.797. The summed E-state index contributed by atoms with van der Waals surface area (Å²) in [5, 5.41) is 3.99. The number of aromatic nitrogens is 2. The zero-order valence-electron chi connectivity index (χ0n) is 8.79. The first-order chi connectivity index (χ1) is 6.65. The molecule has 0 saturated heterocycles. The molecule has 4 heteroatoms. The molecule has 1 aliphatic carbocycles. The highest BCUT2D eigenvalue weighted by atomic mass is 16.5. The van der Waals surface area contributed by atoms with E-state index in [9.17, 15) is 0 Å². The first-order valence-electron chi connectivity index (χ1n) is 5.25. The van der Waals surface area contributed by atoms with Gasteiger partial charge in [0.05, 0.1) is 6.04 Å². The molecule has 1 unspecified atom stereocenters. The van der Waals surface area contributed by atoms with Gasteiger partial charge in [-0.3, -0.25) is 0 Å². The minimum Gasteiger partial charge on any atom is -0.338 e. The SMILES string of the molecule is CCCC(N)c1nc(C2(C)CC2)no1. The van der Waals surface area contributed by atoms with Crippen molar-refractivity contribution in [2.75, 3.05) is 0 Å². The number of nitrogens with two attached hydrogens (primary N) is 1. The molecule has 4 nitrogen and oxygen atoms in total. The minimum absolute atomic E-state index is 0.0939. The molecule has 0 radical (unpaired) electrons. The molecule has 1 heterocycles. The van der Waals surface area contributed by atoms with Crippen molar-refractivity contribution in [2.45, 2.75) is 51.0 Å². The number of hydrogen-bond donors (Lipinski definition) is 1. The fourth-order valence-electron chi connectivity index (χ4n) is 1.48. The fourth-order valence-corrected chi connectivity index (χ4v) is 1.48. The van der Waals surface area contributed by atoms with Gasteiger partial charge in [-0.15, -0.1) is 0 Å². The predicted molar refractivity (Wildman–Crippen MR) is 52.7 cm³/mol. The van der Waals surface area contributed by atoms with E-state index >= 15 is 0 Å². The molecular weight excluding hydrogens is 178 g/mol. The van der Waals surface area contributed by atoms with E-state index in [0.29, 0.717) is 5.89 Å². The smallest absolute Gasteiger partial charge is 0.243 e. The van der Waals surface area contributed by atoms with Crippen molar-refractivity contribution >= 4 is 0 Å². The molecule has 0 aliphatic heterocycles. The summed E-state index contributed by atoms with van der Waals surface area (Å²) in [5.74, 6) is 1.43. The molecule has 1 atom stereocenters. The minimum atomic E-state index is -0.0939. The van der Waals surface area contributed by atoms with E-state index in [1.165, 1.54) is 0 Å². The monoisotopic (exact) mass is 195 g/mol. The van der Waals surface area contributed by atoms with E-state index in [0.717, 1.165) is 31.5 Å². The number of hydrogen-bond acceptors (Lipinski definition) is 4. The lowest BCUT2D eigenvalue weighted by Gasteiger charge is -2.02. The van der Waals surface area contributed by atoms with Gasteiger partial charge in [0.25, 0.3) is 0 Å². The van der Waals surface area contributed by atoms with Crippen molar-refractivity contribution in [1.82, 2.24) is 10.1 Å². The Morgan fingerprint density at radius 3 is 2.86 bits per heavy atom. The summed E-state index contributed by atoms with van der Waals surface area (Å²) in [5.41, 5.74) is 6.06. The maximum Gasteiger partial charge on any atom is 0.243 e. The molecule has 1 fully saturated rings. The molecule has 0 bridgehead atoms. The fraction of sp³-hybridized carbons (Fsp3) is 0.800. The summed E-state index contributed by atoms with van der Waals surface area (Å²) in [6.07, 6.45) is 4.26. The van der Waals surface area contributed by atoms with Crippen LogP contribution in [0.3, 0.4) is 0 Å². The van der Waals surface area contributed by atoms with Crippen molar-refractivity contribution in [3.63, 3.8) is 0 Å². The summed E-state index contributed by atoms with van der Waals surface area (Å²) in [7, 11) is 0. The van der Waals surface area contributed by atoms with Crippen molar-refractivity contribution in [3.05, 3.63) is 11.7 Å². The Labute approximate surface area is 83.9 Å². The van der Waals surface area contributed by atoms with Crippen molar-refractivity contribution < 1.29 is 4.52 Å². The van der Waals surface area contributed by atoms with Crippen LogP contribution < -0.4 is 5.73 Å². The van der Waals surface area contributed by atoms with Crippen LogP contribution in [0, 0.1) is 0 Å². The molecule has 1 aromatic heterocycles. The Morgan fingerprint density at radius 2 is 2.29 bits per heavy atom. The van der Waals surface area contributed by atoms with Crippen LogP contribution in [-0.4, -0.2) is 10.1 Å². The summed E-state index contributed by atoms with van der Waals surface area (Å²) < 4.78 is 5.16. The maximum atomic E-state index is 5.89. The van der Waals surface area contributed by atoms with Crippen molar-refractivity contribution in [2.24, 2.45) is 5.73 Å². The van der Waals surface area contributed by atoms with E-state index in [4.69, 9.17) is 10.3 Å². The van der Waals surface area contributed by atoms with Crippen LogP contribution in [0.1, 0.15) is 57.3 Å². The van der Waals surface area contributed by atoms with E-state index in [1.807, 2.05) is 0 Å². The Kier molecular flexibility index (Phi) is 2.31. The summed E-state index contributed by atoms with van der Waals surface area (Å²) >= 11 is 0. The maximum absolute atomic E-state index is 5.89. The largest absolute Gasteiger partial charge is 0.338 e. The molecule has 0 aromatic carbocycles. The second kappa shape index (κ2) is 3.35. The first-order valence-corrected chi connectivity index (χ1v) is 5.25. The summed E-state index contributed by atoms with van der Waals surface area (Å²) in [6, 6.07) is -0.0939. The second-order valence-electron chi connectivity index (χ2n) is 4.41. The highest BCUT2D eigenvalue weighted by Crippen LogP contribution is 2.46. The zero-order chi connectivity index (χ0) is 10.2. The van der Waals surface area contributed by atoms with Gasteiger partial charge in [0, 0.05) is 5.41 Å². The third kappa shape index (κ3) is 1.66. The van der Waals surface area contributed by atoms with Gasteiger partial charge in [-0.05, 0) is 19.3 Å². The van der Waals surface area contributed by atoms with Crippen LogP contribution in [0.4, 0.5) is 0 Å². The summed E-state index contributed by atoms with van der Waals surface area (Å²) in [4.78, 5) is 4.36. The highest BCUT2D eigenvalue weighted by molar-refractivity contribution is 5.14. The van der Waals surface area contributed by atoms with Gasteiger partial charge >= 0.3 is 0 Å². The van der Waals surface area contributed by atoms with Gasteiger partial charge in [0.2, 0.25) is 5.89 Å². The second-order valence-corrected chi connectivity index (χ2v) is 4.41. The molecule has 1 saturated carbocycles. The third-order valence-corrected chi connectivity index (χ3v) is 2.90. The molecule has 2 N–H and O–H groups in total. The van der Waals surface area contributed by atoms with Crippen LogP contribution in [-0.2, 0) is 5.41 Å². The number of rotatable bonds is 4. The molecule has 1 aromatic rings. The topological polar surface area (TPSA) is 64.9 Å². The first kappa shape index (κ1) is 9.65. The summed E-state index contributed by atoms with van der Waals surface area (Å²) in [6.45, 7) is 4.26. The molecule has 0 amide bonds. The lowest BCUT2D eigenvalue weighted by molar-refractivity contribution is 0.342. The molecular formula is C10H17N3O. The van der Waals surface area contributed by atoms with Crippen LogP contribution in [0.15, 0.2) is 4.52 Å². The van der Waals surface area contributed by atoms with Gasteiger partial charge in [-0.2, -0.15) is 4.98 Å². The van der Waals surface area contributed by atoms with Gasteiger partial charge in [0.1, 0.15) is 0 Å². The van der Waals surface area contributed by atoms with Crippen molar-refractivity contribution in [1.29, 1.82) is 0 Å². The number of nitrogens with zero attached hydrogens (tertiary/aromatic N) is 2. The van der Waals surface area contributed by atoms with Crippen LogP contribution in [0.25, 0.3) is 0 Å². The lowest BCUT2D eigenvalue weighted by Crippen LogP contribution is -2.11. The molecule has 78 valence electrons. The van der Waals surface area contributed by atoms with Crippen LogP contribution >= 0.6 is 0 Å². The third-order valence-electron chi connectivity index (χ3n) is 2.90. The van der Waals surface area contributed by atoms with E-state index in [2.05, 4.69) is 24.0 Å². The standard InChI is InChI=1S/C10H17N3O/c1-3-4-7(11)8-12-9(13-14-8)10(2)5-6-10/h7H,3-6,11H2,1-2H3. The molecule has 2 rings (SSSR count). The van der Waals surface area contributed by atoms with Gasteiger partial charge in [-0.1, -0.05) is 25.4 Å². The Bertz CT molecular complexity index is 317.